The summed E-state index contributed by atoms with van der Waals surface area (Å²) < 4.78 is 29.7. The molecule has 1 atom stereocenters. The number of halogens is 3. The fourth-order valence-electron chi connectivity index (χ4n) is 3.49. The highest BCUT2D eigenvalue weighted by atomic mass is 35.5. The smallest absolute Gasteiger partial charge is 0.153 e. The van der Waals surface area contributed by atoms with Gasteiger partial charge in [-0.3, -0.25) is 0 Å². The second-order valence-corrected chi connectivity index (χ2v) is 6.89. The van der Waals surface area contributed by atoms with E-state index < -0.39 is 11.6 Å². The lowest BCUT2D eigenvalue weighted by atomic mass is 9.82. The van der Waals surface area contributed by atoms with Crippen LogP contribution < -0.4 is 0 Å². The molecule has 1 aliphatic carbocycles. The van der Waals surface area contributed by atoms with Gasteiger partial charge in [0, 0.05) is 11.6 Å². The van der Waals surface area contributed by atoms with Gasteiger partial charge in [-0.2, -0.15) is 0 Å². The van der Waals surface area contributed by atoms with E-state index in [-0.39, 0.29) is 16.4 Å². The van der Waals surface area contributed by atoms with E-state index in [0.29, 0.717) is 11.3 Å². The number of nitrogens with zero attached hydrogens (tertiary/aromatic N) is 2. The van der Waals surface area contributed by atoms with Gasteiger partial charge < -0.3 is 4.57 Å². The Kier molecular flexibility index (Phi) is 3.68. The van der Waals surface area contributed by atoms with Crippen LogP contribution in [0, 0.1) is 11.6 Å². The minimum absolute atomic E-state index is 0.175. The summed E-state index contributed by atoms with van der Waals surface area (Å²) in [5.41, 5.74) is 0.552. The van der Waals surface area contributed by atoms with Crippen LogP contribution in [0.5, 0.6) is 0 Å². The minimum Gasteiger partial charge on any atom is -0.321 e. The molecule has 2 aromatic rings. The average molecular weight is 313 g/mol. The molecule has 1 saturated carbocycles. The van der Waals surface area contributed by atoms with E-state index in [0.717, 1.165) is 31.7 Å². The first-order valence-corrected chi connectivity index (χ1v) is 7.88. The highest BCUT2D eigenvalue weighted by molar-refractivity contribution is 6.20. The van der Waals surface area contributed by atoms with E-state index in [2.05, 4.69) is 11.9 Å². The van der Waals surface area contributed by atoms with E-state index in [1.807, 2.05) is 11.5 Å². The Morgan fingerprint density at radius 2 is 1.90 bits per heavy atom. The first-order chi connectivity index (χ1) is 9.92. The molecule has 0 saturated heterocycles. The molecule has 1 heterocycles. The number of alkyl halides is 1. The maximum atomic E-state index is 14.0. The van der Waals surface area contributed by atoms with E-state index in [1.54, 1.807) is 0 Å². The Labute approximate surface area is 128 Å². The molecule has 1 fully saturated rings. The summed E-state index contributed by atoms with van der Waals surface area (Å²) in [6.07, 6.45) is 5.39. The summed E-state index contributed by atoms with van der Waals surface area (Å²) in [5.74, 6) is -0.573. The number of benzene rings is 1. The van der Waals surface area contributed by atoms with Crippen LogP contribution in [0.3, 0.4) is 0 Å². The number of hydrogen-bond acceptors (Lipinski definition) is 1. The van der Waals surface area contributed by atoms with Crippen LogP contribution in [0.1, 0.15) is 57.2 Å². The first kappa shape index (κ1) is 14.8. The Hall–Kier alpha value is -1.16. The van der Waals surface area contributed by atoms with Crippen molar-refractivity contribution in [1.29, 1.82) is 0 Å². The molecule has 3 rings (SSSR count). The molecule has 1 unspecified atom stereocenters. The number of rotatable bonds is 2. The van der Waals surface area contributed by atoms with Gasteiger partial charge in [0.05, 0.1) is 10.9 Å². The summed E-state index contributed by atoms with van der Waals surface area (Å²) >= 11 is 6.25. The molecule has 1 aromatic heterocycles. The summed E-state index contributed by atoms with van der Waals surface area (Å²) in [4.78, 5) is 4.36. The summed E-state index contributed by atoms with van der Waals surface area (Å²) in [7, 11) is 0. The van der Waals surface area contributed by atoms with Crippen molar-refractivity contribution in [3.8, 4) is 0 Å². The predicted octanol–water partition coefficient (Wildman–Crippen LogP) is 5.29. The van der Waals surface area contributed by atoms with E-state index >= 15 is 0 Å². The molecular weight excluding hydrogens is 294 g/mol. The quantitative estimate of drug-likeness (QED) is 0.689. The molecule has 5 heteroatoms. The molecule has 1 aliphatic rings. The molecule has 0 aliphatic heterocycles. The molecule has 0 spiro atoms. The molecule has 0 N–H and O–H groups in total. The van der Waals surface area contributed by atoms with Crippen LogP contribution in [-0.4, -0.2) is 9.55 Å². The van der Waals surface area contributed by atoms with Crippen LogP contribution in [0.25, 0.3) is 11.0 Å². The van der Waals surface area contributed by atoms with Gasteiger partial charge in [-0.05, 0) is 32.8 Å². The maximum absolute atomic E-state index is 14.0. The molecule has 0 bridgehead atoms. The van der Waals surface area contributed by atoms with Crippen molar-refractivity contribution in [1.82, 2.24) is 9.55 Å². The minimum atomic E-state index is -0.623. The molecular formula is C16H19ClF2N2. The van der Waals surface area contributed by atoms with E-state index in [4.69, 9.17) is 11.6 Å². The van der Waals surface area contributed by atoms with Crippen LogP contribution in [0.15, 0.2) is 12.1 Å². The van der Waals surface area contributed by atoms with Crippen molar-refractivity contribution in [2.45, 2.75) is 56.9 Å². The van der Waals surface area contributed by atoms with E-state index in [9.17, 15) is 8.78 Å². The van der Waals surface area contributed by atoms with Gasteiger partial charge in [0.15, 0.2) is 5.82 Å². The van der Waals surface area contributed by atoms with Gasteiger partial charge in [0.1, 0.15) is 17.2 Å². The fraction of sp³-hybridized carbons (Fsp3) is 0.562. The average Bonchev–Trinajstić information content (AvgIpc) is 2.80. The normalized spacial score (nSPS) is 19.9. The van der Waals surface area contributed by atoms with Crippen molar-refractivity contribution in [3.63, 3.8) is 0 Å². The number of imidazole rings is 1. The number of hydrogen-bond donors (Lipinski definition) is 0. The molecule has 0 amide bonds. The highest BCUT2D eigenvalue weighted by Gasteiger charge is 2.34. The van der Waals surface area contributed by atoms with Crippen molar-refractivity contribution >= 4 is 22.6 Å². The molecule has 114 valence electrons. The van der Waals surface area contributed by atoms with Gasteiger partial charge in [-0.25, -0.2) is 13.8 Å². The Bertz CT molecular complexity index is 672. The van der Waals surface area contributed by atoms with Gasteiger partial charge in [-0.1, -0.05) is 19.3 Å². The van der Waals surface area contributed by atoms with Crippen LogP contribution in [0.4, 0.5) is 8.78 Å². The van der Waals surface area contributed by atoms with Crippen LogP contribution in [-0.2, 0) is 5.54 Å². The fourth-order valence-corrected chi connectivity index (χ4v) is 3.64. The number of fused-ring (bicyclic) bond motifs is 1. The third kappa shape index (κ3) is 2.44. The van der Waals surface area contributed by atoms with Gasteiger partial charge in [-0.15, -0.1) is 11.6 Å². The molecule has 2 nitrogen and oxygen atoms in total. The monoisotopic (exact) mass is 312 g/mol. The molecule has 0 radical (unpaired) electrons. The van der Waals surface area contributed by atoms with Crippen molar-refractivity contribution in [2.75, 3.05) is 0 Å². The number of aromatic nitrogens is 2. The highest BCUT2D eigenvalue weighted by Crippen LogP contribution is 2.40. The zero-order valence-electron chi connectivity index (χ0n) is 12.3. The van der Waals surface area contributed by atoms with Gasteiger partial charge in [0.25, 0.3) is 0 Å². The van der Waals surface area contributed by atoms with E-state index in [1.165, 1.54) is 12.5 Å². The SMILES string of the molecule is CC(Cl)c1nc2c(F)cc(F)cc2n1C1(C)CCCCC1. The van der Waals surface area contributed by atoms with Crippen LogP contribution >= 0.6 is 11.6 Å². The summed E-state index contributed by atoms with van der Waals surface area (Å²) in [5, 5.41) is -0.349. The summed E-state index contributed by atoms with van der Waals surface area (Å²) in [6, 6.07) is 2.25. The Morgan fingerprint density at radius 3 is 2.52 bits per heavy atom. The lowest BCUT2D eigenvalue weighted by molar-refractivity contribution is 0.219. The maximum Gasteiger partial charge on any atom is 0.153 e. The predicted molar refractivity (Wildman–Crippen MR) is 80.7 cm³/mol. The first-order valence-electron chi connectivity index (χ1n) is 7.44. The third-order valence-electron chi connectivity index (χ3n) is 4.53. The van der Waals surface area contributed by atoms with Gasteiger partial charge >= 0.3 is 0 Å². The second-order valence-electron chi connectivity index (χ2n) is 6.23. The summed E-state index contributed by atoms with van der Waals surface area (Å²) in [6.45, 7) is 3.96. The Balaban J connectivity index is 2.30. The standard InChI is InChI=1S/C16H19ClF2N2/c1-10(17)15-20-14-12(19)8-11(18)9-13(14)21(15)16(2)6-4-3-5-7-16/h8-10H,3-7H2,1-2H3. The molecule has 1 aromatic carbocycles. The van der Waals surface area contributed by atoms with Crippen LogP contribution in [0.2, 0.25) is 0 Å². The van der Waals surface area contributed by atoms with Crippen molar-refractivity contribution < 1.29 is 8.78 Å². The topological polar surface area (TPSA) is 17.8 Å². The zero-order chi connectivity index (χ0) is 15.2. The van der Waals surface area contributed by atoms with Crippen molar-refractivity contribution in [2.24, 2.45) is 0 Å². The largest absolute Gasteiger partial charge is 0.321 e. The lowest BCUT2D eigenvalue weighted by Crippen LogP contribution is -2.34. The third-order valence-corrected chi connectivity index (χ3v) is 4.73. The lowest BCUT2D eigenvalue weighted by Gasteiger charge is -2.37. The second kappa shape index (κ2) is 5.24. The Morgan fingerprint density at radius 1 is 1.24 bits per heavy atom. The van der Waals surface area contributed by atoms with Gasteiger partial charge in [0.2, 0.25) is 0 Å². The molecule has 21 heavy (non-hydrogen) atoms. The van der Waals surface area contributed by atoms with Crippen molar-refractivity contribution in [3.05, 3.63) is 29.6 Å². The zero-order valence-corrected chi connectivity index (χ0v) is 13.1.